The number of halogens is 1. The number of nitrogens with one attached hydrogen (secondary N) is 2. The Morgan fingerprint density at radius 3 is 2.95 bits per heavy atom. The number of aromatic nitrogens is 3. The Bertz CT molecular complexity index is 757. The van der Waals surface area contributed by atoms with Crippen molar-refractivity contribution in [2.24, 2.45) is 5.73 Å². The Morgan fingerprint density at radius 1 is 1.45 bits per heavy atom. The van der Waals surface area contributed by atoms with E-state index in [1.807, 2.05) is 13.0 Å². The van der Waals surface area contributed by atoms with E-state index in [0.717, 1.165) is 6.42 Å². The fourth-order valence-electron chi connectivity index (χ4n) is 2.63. The summed E-state index contributed by atoms with van der Waals surface area (Å²) in [7, 11) is 0. The molecule has 2 aromatic rings. The number of fused-ring (bicyclic) bond motifs is 1. The van der Waals surface area contributed by atoms with Crippen molar-refractivity contribution in [1.82, 2.24) is 15.0 Å². The summed E-state index contributed by atoms with van der Waals surface area (Å²) in [5, 5.41) is 3.64. The summed E-state index contributed by atoms with van der Waals surface area (Å²) in [6.45, 7) is 4.29. The van der Waals surface area contributed by atoms with Gasteiger partial charge >= 0.3 is 0 Å². The summed E-state index contributed by atoms with van der Waals surface area (Å²) < 4.78 is 14.6. The molecule has 2 aromatic heterocycles. The Labute approximate surface area is 128 Å². The van der Waals surface area contributed by atoms with Crippen LogP contribution in [0, 0.1) is 12.7 Å². The molecule has 2 heterocycles. The van der Waals surface area contributed by atoms with Crippen LogP contribution in [0.2, 0.25) is 0 Å². The van der Waals surface area contributed by atoms with Crippen LogP contribution < -0.4 is 11.1 Å². The van der Waals surface area contributed by atoms with Crippen molar-refractivity contribution in [3.05, 3.63) is 41.1 Å². The maximum atomic E-state index is 14.6. The number of allylic oxidation sites excluding steroid dienone is 3. The van der Waals surface area contributed by atoms with Crippen molar-refractivity contribution in [2.45, 2.75) is 32.7 Å². The van der Waals surface area contributed by atoms with E-state index in [1.54, 1.807) is 6.92 Å². The van der Waals surface area contributed by atoms with Gasteiger partial charge in [0.1, 0.15) is 17.3 Å². The highest BCUT2D eigenvalue weighted by atomic mass is 19.1. The van der Waals surface area contributed by atoms with E-state index in [0.29, 0.717) is 41.3 Å². The predicted molar refractivity (Wildman–Crippen MR) is 86.3 cm³/mol. The summed E-state index contributed by atoms with van der Waals surface area (Å²) >= 11 is 0. The van der Waals surface area contributed by atoms with E-state index in [-0.39, 0.29) is 11.9 Å². The maximum Gasteiger partial charge on any atom is 0.157 e. The first-order valence-electron chi connectivity index (χ1n) is 7.43. The molecule has 22 heavy (non-hydrogen) atoms. The van der Waals surface area contributed by atoms with Crippen LogP contribution in [0.4, 0.5) is 10.2 Å². The van der Waals surface area contributed by atoms with E-state index in [4.69, 9.17) is 5.73 Å². The van der Waals surface area contributed by atoms with Crippen molar-refractivity contribution >= 4 is 16.9 Å². The highest BCUT2D eigenvalue weighted by molar-refractivity contribution is 5.88. The minimum Gasteiger partial charge on any atom is -0.366 e. The summed E-state index contributed by atoms with van der Waals surface area (Å²) in [6.07, 6.45) is 7.54. The molecule has 0 aromatic carbocycles. The third-order valence-electron chi connectivity index (χ3n) is 3.63. The summed E-state index contributed by atoms with van der Waals surface area (Å²) in [5.41, 5.74) is 8.01. The molecule has 0 unspecified atom stereocenters. The van der Waals surface area contributed by atoms with E-state index in [2.05, 4.69) is 32.4 Å². The van der Waals surface area contributed by atoms with E-state index >= 15 is 0 Å². The number of rotatable bonds is 5. The van der Waals surface area contributed by atoms with Gasteiger partial charge in [-0.2, -0.15) is 0 Å². The van der Waals surface area contributed by atoms with Gasteiger partial charge in [-0.25, -0.2) is 14.4 Å². The fraction of sp³-hybridized carbons (Fsp3) is 0.375. The van der Waals surface area contributed by atoms with Gasteiger partial charge in [-0.05, 0) is 25.8 Å². The number of anilines is 1. The highest BCUT2D eigenvalue weighted by Gasteiger charge is 2.18. The molecule has 1 aliphatic carbocycles. The summed E-state index contributed by atoms with van der Waals surface area (Å²) in [5.74, 6) is 0.815. The normalized spacial score (nSPS) is 15.4. The monoisotopic (exact) mass is 301 g/mol. The smallest absolute Gasteiger partial charge is 0.157 e. The molecule has 0 amide bonds. The van der Waals surface area contributed by atoms with Crippen LogP contribution in [0.5, 0.6) is 0 Å². The number of nitrogens with two attached hydrogens (primary N) is 1. The third kappa shape index (κ3) is 2.87. The van der Waals surface area contributed by atoms with Crippen LogP contribution >= 0.6 is 0 Å². The van der Waals surface area contributed by atoms with E-state index in [1.165, 1.54) is 5.57 Å². The topological polar surface area (TPSA) is 79.6 Å². The molecule has 0 saturated carbocycles. The minimum atomic E-state index is -0.312. The van der Waals surface area contributed by atoms with Crippen LogP contribution in [-0.4, -0.2) is 27.5 Å². The number of hydrogen-bond acceptors (Lipinski definition) is 4. The van der Waals surface area contributed by atoms with Crippen molar-refractivity contribution in [1.29, 1.82) is 0 Å². The summed E-state index contributed by atoms with van der Waals surface area (Å²) in [4.78, 5) is 11.7. The van der Waals surface area contributed by atoms with Crippen molar-refractivity contribution in [2.75, 3.05) is 11.9 Å². The van der Waals surface area contributed by atoms with Gasteiger partial charge in [-0.1, -0.05) is 18.2 Å². The average molecular weight is 301 g/mol. The van der Waals surface area contributed by atoms with Crippen molar-refractivity contribution < 1.29 is 4.39 Å². The molecule has 116 valence electrons. The average Bonchev–Trinajstić information content (AvgIpc) is 3.05. The fourth-order valence-corrected chi connectivity index (χ4v) is 2.63. The number of H-pyrrole nitrogens is 1. The van der Waals surface area contributed by atoms with Crippen LogP contribution in [0.25, 0.3) is 11.0 Å². The Kier molecular flexibility index (Phi) is 3.94. The SMILES string of the molecule is Cc1nc(NCC2=CC=CC2)c2c(F)c(C[C@H](C)N)[nH]c2n1. The molecule has 0 aliphatic heterocycles. The second kappa shape index (κ2) is 5.88. The quantitative estimate of drug-likeness (QED) is 0.793. The maximum absolute atomic E-state index is 14.6. The Morgan fingerprint density at radius 2 is 2.27 bits per heavy atom. The molecule has 0 fully saturated rings. The zero-order valence-corrected chi connectivity index (χ0v) is 12.8. The molecular formula is C16H20FN5. The van der Waals surface area contributed by atoms with Gasteiger partial charge in [-0.3, -0.25) is 0 Å². The van der Waals surface area contributed by atoms with Crippen LogP contribution in [-0.2, 0) is 6.42 Å². The highest BCUT2D eigenvalue weighted by Crippen LogP contribution is 2.27. The molecule has 1 aliphatic rings. The molecule has 4 N–H and O–H groups in total. The first-order valence-corrected chi connectivity index (χ1v) is 7.43. The van der Waals surface area contributed by atoms with Gasteiger partial charge in [0.2, 0.25) is 0 Å². The van der Waals surface area contributed by atoms with E-state index < -0.39 is 0 Å². The molecule has 1 atom stereocenters. The predicted octanol–water partition coefficient (Wildman–Crippen LogP) is 2.59. The number of hydrogen-bond donors (Lipinski definition) is 3. The largest absolute Gasteiger partial charge is 0.366 e. The zero-order valence-electron chi connectivity index (χ0n) is 12.8. The Hall–Kier alpha value is -2.21. The molecule has 0 spiro atoms. The lowest BCUT2D eigenvalue weighted by molar-refractivity contribution is 0.602. The van der Waals surface area contributed by atoms with Gasteiger partial charge in [-0.15, -0.1) is 0 Å². The second-order valence-electron chi connectivity index (χ2n) is 5.75. The van der Waals surface area contributed by atoms with Crippen LogP contribution in [0.1, 0.15) is 24.9 Å². The van der Waals surface area contributed by atoms with Gasteiger partial charge in [0.05, 0.1) is 11.1 Å². The van der Waals surface area contributed by atoms with Crippen molar-refractivity contribution in [3.8, 4) is 0 Å². The molecular weight excluding hydrogens is 281 g/mol. The van der Waals surface area contributed by atoms with Crippen molar-refractivity contribution in [3.63, 3.8) is 0 Å². The Balaban J connectivity index is 1.95. The van der Waals surface area contributed by atoms with Gasteiger partial charge in [0, 0.05) is 19.0 Å². The lowest BCUT2D eigenvalue weighted by atomic mass is 10.2. The molecule has 6 heteroatoms. The molecule has 0 radical (unpaired) electrons. The second-order valence-corrected chi connectivity index (χ2v) is 5.75. The third-order valence-corrected chi connectivity index (χ3v) is 3.63. The first-order chi connectivity index (χ1) is 10.5. The molecule has 0 bridgehead atoms. The number of aromatic amines is 1. The molecule has 5 nitrogen and oxygen atoms in total. The van der Waals surface area contributed by atoms with Crippen LogP contribution in [0.15, 0.2) is 23.8 Å². The summed E-state index contributed by atoms with van der Waals surface area (Å²) in [6, 6.07) is -0.122. The molecule has 3 rings (SSSR count). The zero-order chi connectivity index (χ0) is 15.7. The molecule has 0 saturated heterocycles. The lowest BCUT2D eigenvalue weighted by Crippen LogP contribution is -2.18. The minimum absolute atomic E-state index is 0.122. The number of aryl methyl sites for hydroxylation is 1. The van der Waals surface area contributed by atoms with E-state index in [9.17, 15) is 4.39 Å². The van der Waals surface area contributed by atoms with Gasteiger partial charge in [0.25, 0.3) is 0 Å². The van der Waals surface area contributed by atoms with Gasteiger partial charge < -0.3 is 16.0 Å². The number of nitrogens with zero attached hydrogens (tertiary/aromatic N) is 2. The van der Waals surface area contributed by atoms with Crippen LogP contribution in [0.3, 0.4) is 0 Å². The standard InChI is InChI=1S/C16H20FN5/c1-9(18)7-12-14(17)13-15(19-8-11-5-3-4-6-11)20-10(2)21-16(13)22-12/h3-5,9H,6-8,18H2,1-2H3,(H2,19,20,21,22)/t9-/m0/s1. The lowest BCUT2D eigenvalue weighted by Gasteiger charge is -2.08. The van der Waals surface area contributed by atoms with Gasteiger partial charge in [0.15, 0.2) is 5.82 Å². The first kappa shape index (κ1) is 14.7.